The summed E-state index contributed by atoms with van der Waals surface area (Å²) in [4.78, 5) is 21.7. The second kappa shape index (κ2) is 7.98. The van der Waals surface area contributed by atoms with E-state index in [9.17, 15) is 9.59 Å². The third-order valence-electron chi connectivity index (χ3n) is 4.05. The van der Waals surface area contributed by atoms with Crippen LogP contribution < -0.4 is 0 Å². The molecule has 1 saturated carbocycles. The molecule has 0 aromatic heterocycles. The number of aryl methyl sites for hydroxylation is 1. The number of ketones is 2. The van der Waals surface area contributed by atoms with Crippen molar-refractivity contribution in [3.63, 3.8) is 0 Å². The van der Waals surface area contributed by atoms with E-state index < -0.39 is 0 Å². The second-order valence-electron chi connectivity index (χ2n) is 5.99. The summed E-state index contributed by atoms with van der Waals surface area (Å²) >= 11 is 0. The molecule has 2 nitrogen and oxygen atoms in total. The summed E-state index contributed by atoms with van der Waals surface area (Å²) in [5.74, 6) is 1.78. The van der Waals surface area contributed by atoms with Gasteiger partial charge in [-0.3, -0.25) is 9.59 Å². The molecule has 0 heterocycles. The Morgan fingerprint density at radius 1 is 1.00 bits per heavy atom. The molecule has 1 aliphatic carbocycles. The van der Waals surface area contributed by atoms with Crippen LogP contribution in [0.15, 0.2) is 24.3 Å². The van der Waals surface area contributed by atoms with Crippen LogP contribution in [0.5, 0.6) is 0 Å². The average Bonchev–Trinajstić information content (AvgIpc) is 2.40. The molecule has 2 heteroatoms. The zero-order valence-electron chi connectivity index (χ0n) is 13.1. The highest BCUT2D eigenvalue weighted by Crippen LogP contribution is 2.28. The van der Waals surface area contributed by atoms with Crippen molar-refractivity contribution in [1.82, 2.24) is 0 Å². The van der Waals surface area contributed by atoms with Gasteiger partial charge in [0.05, 0.1) is 0 Å². The Bertz CT molecular complexity index is 443. The SMILES string of the molecule is CC(=O)C1CCC(C)CC1.CC(=O)c1ccc(C)cc1.[HH]. The predicted molar refractivity (Wildman–Crippen MR) is 85.1 cm³/mol. The highest BCUT2D eigenvalue weighted by Gasteiger charge is 2.20. The van der Waals surface area contributed by atoms with Gasteiger partial charge in [0.1, 0.15) is 5.78 Å². The molecule has 0 amide bonds. The fourth-order valence-corrected chi connectivity index (χ4v) is 2.45. The number of rotatable bonds is 2. The number of carbonyl (C=O) groups excluding carboxylic acids is 2. The van der Waals surface area contributed by atoms with Crippen LogP contribution in [-0.4, -0.2) is 11.6 Å². The Morgan fingerprint density at radius 3 is 1.90 bits per heavy atom. The Balaban J connectivity index is 0.000000364. The van der Waals surface area contributed by atoms with E-state index in [2.05, 4.69) is 6.92 Å². The number of hydrogen-bond acceptors (Lipinski definition) is 2. The van der Waals surface area contributed by atoms with Gasteiger partial charge in [-0.25, -0.2) is 0 Å². The summed E-state index contributed by atoms with van der Waals surface area (Å²) in [6.45, 7) is 7.57. The first-order valence-electron chi connectivity index (χ1n) is 7.48. The van der Waals surface area contributed by atoms with Crippen LogP contribution in [0.1, 0.15) is 63.8 Å². The summed E-state index contributed by atoms with van der Waals surface area (Å²) in [5, 5.41) is 0. The lowest BCUT2D eigenvalue weighted by Gasteiger charge is -2.23. The van der Waals surface area contributed by atoms with Gasteiger partial charge in [-0.05, 0) is 39.5 Å². The lowest BCUT2D eigenvalue weighted by atomic mass is 9.81. The molecule has 1 aromatic rings. The topological polar surface area (TPSA) is 34.1 Å². The fraction of sp³-hybridized carbons (Fsp3) is 0.556. The molecule has 0 saturated heterocycles. The lowest BCUT2D eigenvalue weighted by Crippen LogP contribution is -2.18. The molecule has 0 atom stereocenters. The molecule has 0 N–H and O–H groups in total. The first-order valence-corrected chi connectivity index (χ1v) is 7.48. The molecular formula is C18H28O2. The van der Waals surface area contributed by atoms with E-state index in [1.54, 1.807) is 13.8 Å². The minimum Gasteiger partial charge on any atom is -0.300 e. The molecular weight excluding hydrogens is 248 g/mol. The van der Waals surface area contributed by atoms with Gasteiger partial charge in [-0.15, -0.1) is 0 Å². The van der Waals surface area contributed by atoms with E-state index in [1.165, 1.54) is 18.4 Å². The van der Waals surface area contributed by atoms with Crippen LogP contribution in [0.25, 0.3) is 0 Å². The maximum absolute atomic E-state index is 10.9. The number of benzene rings is 1. The highest BCUT2D eigenvalue weighted by atomic mass is 16.1. The van der Waals surface area contributed by atoms with Crippen molar-refractivity contribution in [1.29, 1.82) is 0 Å². The normalized spacial score (nSPS) is 21.6. The summed E-state index contributed by atoms with van der Waals surface area (Å²) in [5.41, 5.74) is 1.97. The van der Waals surface area contributed by atoms with Crippen molar-refractivity contribution < 1.29 is 11.0 Å². The van der Waals surface area contributed by atoms with Gasteiger partial charge in [0.25, 0.3) is 0 Å². The van der Waals surface area contributed by atoms with E-state index in [-0.39, 0.29) is 7.21 Å². The number of Topliss-reactive ketones (excluding diaryl/α,β-unsaturated/α-hetero) is 2. The van der Waals surface area contributed by atoms with Gasteiger partial charge in [-0.2, -0.15) is 0 Å². The third kappa shape index (κ3) is 5.68. The molecule has 2 rings (SSSR count). The molecule has 0 radical (unpaired) electrons. The Hall–Kier alpha value is -1.44. The minimum absolute atomic E-state index is 0. The Kier molecular flexibility index (Phi) is 6.63. The molecule has 0 spiro atoms. The maximum atomic E-state index is 10.9. The van der Waals surface area contributed by atoms with E-state index >= 15 is 0 Å². The molecule has 1 fully saturated rings. The Labute approximate surface area is 124 Å². The summed E-state index contributed by atoms with van der Waals surface area (Å²) in [6.07, 6.45) is 4.78. The number of hydrogen-bond donors (Lipinski definition) is 0. The average molecular weight is 276 g/mol. The zero-order valence-corrected chi connectivity index (χ0v) is 13.1. The number of carbonyl (C=O) groups is 2. The van der Waals surface area contributed by atoms with Crippen molar-refractivity contribution >= 4 is 11.6 Å². The van der Waals surface area contributed by atoms with Crippen LogP contribution in [0.4, 0.5) is 0 Å². The van der Waals surface area contributed by atoms with Crippen LogP contribution >= 0.6 is 0 Å². The summed E-state index contributed by atoms with van der Waals surface area (Å²) in [6, 6.07) is 7.57. The first-order chi connectivity index (χ1) is 9.40. The van der Waals surface area contributed by atoms with Gasteiger partial charge >= 0.3 is 0 Å². The molecule has 112 valence electrons. The van der Waals surface area contributed by atoms with Crippen LogP contribution in [-0.2, 0) is 4.79 Å². The monoisotopic (exact) mass is 276 g/mol. The predicted octanol–water partition coefficient (Wildman–Crippen LogP) is 4.85. The van der Waals surface area contributed by atoms with Gasteiger partial charge in [0, 0.05) is 12.9 Å². The van der Waals surface area contributed by atoms with Gasteiger partial charge in [-0.1, -0.05) is 49.6 Å². The zero-order chi connectivity index (χ0) is 15.1. The summed E-state index contributed by atoms with van der Waals surface area (Å²) in [7, 11) is 0. The maximum Gasteiger partial charge on any atom is 0.159 e. The van der Waals surface area contributed by atoms with E-state index in [0.29, 0.717) is 11.7 Å². The summed E-state index contributed by atoms with van der Waals surface area (Å²) < 4.78 is 0. The largest absolute Gasteiger partial charge is 0.300 e. The fourth-order valence-electron chi connectivity index (χ4n) is 2.45. The molecule has 20 heavy (non-hydrogen) atoms. The standard InChI is InChI=1S/C9H16O.C9H10O.H2/c2*1-7-3-5-9(6-4-7)8(2)10;/h7,9H,3-6H2,1-2H3;3-6H,1-2H3;1H. The van der Waals surface area contributed by atoms with E-state index in [4.69, 9.17) is 0 Å². The van der Waals surface area contributed by atoms with Gasteiger partial charge < -0.3 is 0 Å². The minimum atomic E-state index is 0. The molecule has 0 unspecified atom stereocenters. The van der Waals surface area contributed by atoms with E-state index in [0.717, 1.165) is 24.3 Å². The molecule has 0 bridgehead atoms. The first kappa shape index (κ1) is 16.6. The second-order valence-corrected chi connectivity index (χ2v) is 5.99. The van der Waals surface area contributed by atoms with Gasteiger partial charge in [0.2, 0.25) is 0 Å². The van der Waals surface area contributed by atoms with Crippen molar-refractivity contribution in [2.24, 2.45) is 11.8 Å². The van der Waals surface area contributed by atoms with Crippen molar-refractivity contribution in [2.45, 2.75) is 53.4 Å². The van der Waals surface area contributed by atoms with Crippen LogP contribution in [0.2, 0.25) is 0 Å². The highest BCUT2D eigenvalue weighted by molar-refractivity contribution is 5.93. The molecule has 1 aliphatic rings. The van der Waals surface area contributed by atoms with Crippen LogP contribution in [0, 0.1) is 18.8 Å². The van der Waals surface area contributed by atoms with Crippen molar-refractivity contribution in [3.8, 4) is 0 Å². The van der Waals surface area contributed by atoms with Gasteiger partial charge in [0.15, 0.2) is 5.78 Å². The lowest BCUT2D eigenvalue weighted by molar-refractivity contribution is -0.121. The van der Waals surface area contributed by atoms with Crippen molar-refractivity contribution in [3.05, 3.63) is 35.4 Å². The van der Waals surface area contributed by atoms with Crippen molar-refractivity contribution in [2.75, 3.05) is 0 Å². The molecule has 1 aromatic carbocycles. The smallest absolute Gasteiger partial charge is 0.159 e. The third-order valence-corrected chi connectivity index (χ3v) is 4.05. The van der Waals surface area contributed by atoms with Crippen LogP contribution in [0.3, 0.4) is 0 Å². The van der Waals surface area contributed by atoms with E-state index in [1.807, 2.05) is 31.2 Å². The Morgan fingerprint density at radius 2 is 1.50 bits per heavy atom. The quantitative estimate of drug-likeness (QED) is 0.724. The molecule has 0 aliphatic heterocycles.